The number of Topliss-reactive ketones (excluding diaryl/α,β-unsaturated/α-hetero) is 1. The molecule has 13 heavy (non-hydrogen) atoms. The first kappa shape index (κ1) is 10.2. The molecule has 0 saturated heterocycles. The van der Waals surface area contributed by atoms with E-state index in [2.05, 4.69) is 0 Å². The van der Waals surface area contributed by atoms with Crippen molar-refractivity contribution in [2.45, 2.75) is 39.0 Å². The number of hydrogen-bond donors (Lipinski definition) is 0. The van der Waals surface area contributed by atoms with Crippen LogP contribution in [0.2, 0.25) is 0 Å². The zero-order valence-corrected chi connectivity index (χ0v) is 8.04. The van der Waals surface area contributed by atoms with E-state index in [0.29, 0.717) is 19.4 Å². The van der Waals surface area contributed by atoms with Crippen LogP contribution in [0.1, 0.15) is 39.0 Å². The second kappa shape index (κ2) is 5.00. The molecule has 0 N–H and O–H groups in total. The van der Waals surface area contributed by atoms with Gasteiger partial charge in [0.1, 0.15) is 11.7 Å². The van der Waals surface area contributed by atoms with Crippen molar-refractivity contribution in [1.29, 1.82) is 0 Å². The monoisotopic (exact) mass is 184 g/mol. The summed E-state index contributed by atoms with van der Waals surface area (Å²) in [4.78, 5) is 22.6. The average molecular weight is 184 g/mol. The van der Waals surface area contributed by atoms with Crippen LogP contribution in [-0.4, -0.2) is 18.4 Å². The third-order valence-electron chi connectivity index (χ3n) is 2.29. The van der Waals surface area contributed by atoms with Crippen molar-refractivity contribution in [1.82, 2.24) is 0 Å². The molecular weight excluding hydrogens is 168 g/mol. The van der Waals surface area contributed by atoms with E-state index in [1.807, 2.05) is 6.92 Å². The summed E-state index contributed by atoms with van der Waals surface area (Å²) in [7, 11) is 0. The fourth-order valence-electron chi connectivity index (χ4n) is 1.54. The Morgan fingerprint density at radius 3 is 2.92 bits per heavy atom. The Bertz CT molecular complexity index is 198. The number of esters is 1. The largest absolute Gasteiger partial charge is 0.465 e. The summed E-state index contributed by atoms with van der Waals surface area (Å²) in [5.41, 5.74) is 0. The second-order valence-electron chi connectivity index (χ2n) is 3.43. The predicted molar refractivity (Wildman–Crippen MR) is 48.2 cm³/mol. The van der Waals surface area contributed by atoms with Gasteiger partial charge in [-0.15, -0.1) is 0 Å². The van der Waals surface area contributed by atoms with Crippen LogP contribution in [0.3, 0.4) is 0 Å². The standard InChI is InChI=1S/C10H16O3/c1-2-7-13-10(12)8-5-3-4-6-9(8)11/h8H,2-7H2,1H3. The van der Waals surface area contributed by atoms with Gasteiger partial charge < -0.3 is 4.74 Å². The van der Waals surface area contributed by atoms with Gasteiger partial charge in [-0.05, 0) is 19.3 Å². The maximum Gasteiger partial charge on any atom is 0.316 e. The summed E-state index contributed by atoms with van der Waals surface area (Å²) in [6.07, 6.45) is 3.94. The average Bonchev–Trinajstić information content (AvgIpc) is 2.15. The van der Waals surface area contributed by atoms with Crippen molar-refractivity contribution in [3.8, 4) is 0 Å². The highest BCUT2D eigenvalue weighted by Crippen LogP contribution is 2.21. The van der Waals surface area contributed by atoms with Gasteiger partial charge in [-0.1, -0.05) is 13.3 Å². The number of rotatable bonds is 3. The Labute approximate surface area is 78.5 Å². The lowest BCUT2D eigenvalue weighted by Crippen LogP contribution is -2.29. The van der Waals surface area contributed by atoms with Crippen LogP contribution in [-0.2, 0) is 14.3 Å². The minimum Gasteiger partial charge on any atom is -0.465 e. The molecule has 0 radical (unpaired) electrons. The van der Waals surface area contributed by atoms with E-state index in [0.717, 1.165) is 19.3 Å². The maximum absolute atomic E-state index is 11.3. The molecule has 0 aliphatic heterocycles. The zero-order chi connectivity index (χ0) is 9.68. The molecule has 0 aromatic heterocycles. The lowest BCUT2D eigenvalue weighted by atomic mass is 9.88. The summed E-state index contributed by atoms with van der Waals surface area (Å²) in [6.45, 7) is 2.37. The van der Waals surface area contributed by atoms with Gasteiger partial charge in [0, 0.05) is 6.42 Å². The molecule has 1 aliphatic carbocycles. The van der Waals surface area contributed by atoms with Crippen molar-refractivity contribution >= 4 is 11.8 Å². The highest BCUT2D eigenvalue weighted by Gasteiger charge is 2.29. The van der Waals surface area contributed by atoms with E-state index in [4.69, 9.17) is 4.74 Å². The summed E-state index contributed by atoms with van der Waals surface area (Å²) in [5.74, 6) is -0.709. The molecule has 1 fully saturated rings. The van der Waals surface area contributed by atoms with Crippen molar-refractivity contribution in [3.63, 3.8) is 0 Å². The van der Waals surface area contributed by atoms with Crippen molar-refractivity contribution in [2.24, 2.45) is 5.92 Å². The summed E-state index contributed by atoms with van der Waals surface area (Å²) in [6, 6.07) is 0. The number of ether oxygens (including phenoxy) is 1. The van der Waals surface area contributed by atoms with Gasteiger partial charge in [-0.25, -0.2) is 0 Å². The van der Waals surface area contributed by atoms with Crippen LogP contribution >= 0.6 is 0 Å². The van der Waals surface area contributed by atoms with Crippen molar-refractivity contribution in [2.75, 3.05) is 6.61 Å². The van der Waals surface area contributed by atoms with E-state index in [1.54, 1.807) is 0 Å². The Kier molecular flexibility index (Phi) is 3.93. The number of hydrogen-bond acceptors (Lipinski definition) is 3. The molecule has 0 bridgehead atoms. The molecule has 0 aromatic rings. The SMILES string of the molecule is CCCOC(=O)C1CCCCC1=O. The quantitative estimate of drug-likeness (QED) is 0.495. The zero-order valence-electron chi connectivity index (χ0n) is 8.04. The van der Waals surface area contributed by atoms with E-state index in [9.17, 15) is 9.59 Å². The number of ketones is 1. The van der Waals surface area contributed by atoms with Gasteiger partial charge in [-0.3, -0.25) is 9.59 Å². The normalized spacial score (nSPS) is 22.8. The second-order valence-corrected chi connectivity index (χ2v) is 3.43. The van der Waals surface area contributed by atoms with Crippen LogP contribution in [0.25, 0.3) is 0 Å². The third kappa shape index (κ3) is 2.83. The molecule has 1 saturated carbocycles. The minimum absolute atomic E-state index is 0.0624. The first-order valence-electron chi connectivity index (χ1n) is 4.95. The van der Waals surface area contributed by atoms with Crippen molar-refractivity contribution < 1.29 is 14.3 Å². The van der Waals surface area contributed by atoms with Gasteiger partial charge in [0.25, 0.3) is 0 Å². The van der Waals surface area contributed by atoms with Gasteiger partial charge in [-0.2, -0.15) is 0 Å². The molecular formula is C10H16O3. The maximum atomic E-state index is 11.3. The van der Waals surface area contributed by atoms with E-state index < -0.39 is 5.92 Å². The number of carbonyl (C=O) groups excluding carboxylic acids is 2. The Morgan fingerprint density at radius 1 is 1.54 bits per heavy atom. The fraction of sp³-hybridized carbons (Fsp3) is 0.800. The lowest BCUT2D eigenvalue weighted by Gasteiger charge is -2.18. The molecule has 1 rings (SSSR count). The van der Waals surface area contributed by atoms with Gasteiger partial charge in [0.05, 0.1) is 6.61 Å². The minimum atomic E-state index is -0.458. The Hall–Kier alpha value is -0.860. The fourth-order valence-corrected chi connectivity index (χ4v) is 1.54. The van der Waals surface area contributed by atoms with Crippen molar-refractivity contribution in [3.05, 3.63) is 0 Å². The van der Waals surface area contributed by atoms with E-state index in [-0.39, 0.29) is 11.8 Å². The molecule has 1 unspecified atom stereocenters. The Balaban J connectivity index is 2.39. The third-order valence-corrected chi connectivity index (χ3v) is 2.29. The smallest absolute Gasteiger partial charge is 0.316 e. The molecule has 1 atom stereocenters. The van der Waals surface area contributed by atoms with Crippen LogP contribution in [0, 0.1) is 5.92 Å². The lowest BCUT2D eigenvalue weighted by molar-refractivity contribution is -0.153. The predicted octanol–water partition coefficient (Wildman–Crippen LogP) is 1.70. The molecule has 0 amide bonds. The van der Waals surface area contributed by atoms with Gasteiger partial charge >= 0.3 is 5.97 Å². The summed E-state index contributed by atoms with van der Waals surface area (Å²) < 4.78 is 4.94. The molecule has 1 aliphatic rings. The highest BCUT2D eigenvalue weighted by molar-refractivity contribution is 5.99. The van der Waals surface area contributed by atoms with Crippen LogP contribution in [0.4, 0.5) is 0 Å². The van der Waals surface area contributed by atoms with E-state index in [1.165, 1.54) is 0 Å². The summed E-state index contributed by atoms with van der Waals surface area (Å²) in [5, 5.41) is 0. The Morgan fingerprint density at radius 2 is 2.31 bits per heavy atom. The first-order valence-corrected chi connectivity index (χ1v) is 4.95. The molecule has 3 heteroatoms. The molecule has 0 heterocycles. The van der Waals surface area contributed by atoms with Gasteiger partial charge in [0.15, 0.2) is 0 Å². The van der Waals surface area contributed by atoms with E-state index >= 15 is 0 Å². The molecule has 0 spiro atoms. The highest BCUT2D eigenvalue weighted by atomic mass is 16.5. The molecule has 0 aromatic carbocycles. The van der Waals surface area contributed by atoms with Gasteiger partial charge in [0.2, 0.25) is 0 Å². The molecule has 3 nitrogen and oxygen atoms in total. The molecule has 74 valence electrons. The first-order chi connectivity index (χ1) is 6.25. The summed E-state index contributed by atoms with van der Waals surface area (Å²) >= 11 is 0. The topological polar surface area (TPSA) is 43.4 Å². The van der Waals surface area contributed by atoms with Crippen LogP contribution < -0.4 is 0 Å². The van der Waals surface area contributed by atoms with Crippen LogP contribution in [0.15, 0.2) is 0 Å². The van der Waals surface area contributed by atoms with Crippen LogP contribution in [0.5, 0.6) is 0 Å². The number of carbonyl (C=O) groups is 2.